The highest BCUT2D eigenvalue weighted by Crippen LogP contribution is 2.30. The highest BCUT2D eigenvalue weighted by Gasteiger charge is 2.44. The Morgan fingerprint density at radius 1 is 1.03 bits per heavy atom. The second-order valence-corrected chi connectivity index (χ2v) is 10.7. The molecule has 0 saturated carbocycles. The third kappa shape index (κ3) is 6.31. The number of carbonyl (C=O) groups excluding carboxylic acids is 3. The van der Waals surface area contributed by atoms with Gasteiger partial charge in [0.2, 0.25) is 5.91 Å². The van der Waals surface area contributed by atoms with Crippen LogP contribution in [0.4, 0.5) is 0 Å². The van der Waals surface area contributed by atoms with Crippen molar-refractivity contribution in [2.75, 3.05) is 11.6 Å². The van der Waals surface area contributed by atoms with E-state index in [9.17, 15) is 24.3 Å². The van der Waals surface area contributed by atoms with E-state index in [2.05, 4.69) is 5.32 Å². The summed E-state index contributed by atoms with van der Waals surface area (Å²) in [4.78, 5) is 52.3. The molecule has 0 bridgehead atoms. The van der Waals surface area contributed by atoms with Gasteiger partial charge in [0.1, 0.15) is 12.1 Å². The van der Waals surface area contributed by atoms with Gasteiger partial charge < -0.3 is 26.2 Å². The standard InChI is InChI=1S/C26H31N3O6S/c1-26(2,3)28-23(32)18-13-36-14-29(18)24(33)22(31)19(20(27)15-7-5-4-6-8-15)21(30)16-9-11-17(12-10-16)25(34)35/h4-12,18-20,22,31H,13-14,27H2,1-3H3,(H,28,32)(H,34,35)/t18-,19?,20?,22?/m0/s1. The first-order chi connectivity index (χ1) is 16.9. The van der Waals surface area contributed by atoms with Crippen LogP contribution in [0, 0.1) is 5.92 Å². The van der Waals surface area contributed by atoms with Gasteiger partial charge >= 0.3 is 5.97 Å². The van der Waals surface area contributed by atoms with Gasteiger partial charge in [-0.3, -0.25) is 14.4 Å². The number of hydrogen-bond acceptors (Lipinski definition) is 7. The van der Waals surface area contributed by atoms with Crippen LogP contribution in [0.25, 0.3) is 0 Å². The van der Waals surface area contributed by atoms with E-state index in [0.717, 1.165) is 0 Å². The van der Waals surface area contributed by atoms with Gasteiger partial charge in [0.05, 0.1) is 17.4 Å². The summed E-state index contributed by atoms with van der Waals surface area (Å²) < 4.78 is 0. The Morgan fingerprint density at radius 2 is 1.61 bits per heavy atom. The van der Waals surface area contributed by atoms with Crippen molar-refractivity contribution in [2.24, 2.45) is 11.7 Å². The van der Waals surface area contributed by atoms with Crippen molar-refractivity contribution < 1.29 is 29.4 Å². The maximum Gasteiger partial charge on any atom is 0.335 e. The van der Waals surface area contributed by atoms with Crippen LogP contribution in [-0.2, 0) is 9.59 Å². The smallest absolute Gasteiger partial charge is 0.335 e. The number of aliphatic hydroxyl groups is 1. The van der Waals surface area contributed by atoms with E-state index in [-0.39, 0.29) is 22.9 Å². The summed E-state index contributed by atoms with van der Waals surface area (Å²) in [7, 11) is 0. The van der Waals surface area contributed by atoms with E-state index in [0.29, 0.717) is 11.3 Å². The lowest BCUT2D eigenvalue weighted by molar-refractivity contribution is -0.147. The van der Waals surface area contributed by atoms with Gasteiger partial charge in [0.15, 0.2) is 5.78 Å². The number of rotatable bonds is 8. The maximum atomic E-state index is 13.6. The number of nitrogens with one attached hydrogen (secondary N) is 1. The summed E-state index contributed by atoms with van der Waals surface area (Å²) in [6.45, 7) is 5.49. The van der Waals surface area contributed by atoms with Crippen molar-refractivity contribution in [3.63, 3.8) is 0 Å². The Hall–Kier alpha value is -3.21. The lowest BCUT2D eigenvalue weighted by atomic mass is 9.82. The fourth-order valence-electron chi connectivity index (χ4n) is 4.01. The molecule has 9 nitrogen and oxygen atoms in total. The van der Waals surface area contributed by atoms with Crippen LogP contribution in [0.5, 0.6) is 0 Å². The second-order valence-electron chi connectivity index (χ2n) is 9.72. The van der Waals surface area contributed by atoms with Crippen molar-refractivity contribution in [1.82, 2.24) is 10.2 Å². The number of nitrogens with two attached hydrogens (primary N) is 1. The number of carbonyl (C=O) groups is 4. The third-order valence-corrected chi connectivity index (χ3v) is 6.86. The van der Waals surface area contributed by atoms with E-state index in [4.69, 9.17) is 10.8 Å². The molecule has 2 amide bonds. The molecule has 5 N–H and O–H groups in total. The van der Waals surface area contributed by atoms with Crippen LogP contribution in [0.3, 0.4) is 0 Å². The van der Waals surface area contributed by atoms with E-state index in [1.807, 2.05) is 20.8 Å². The Bertz CT molecular complexity index is 1120. The molecular formula is C26H31N3O6S. The first-order valence-electron chi connectivity index (χ1n) is 11.5. The van der Waals surface area contributed by atoms with Crippen LogP contribution in [0.15, 0.2) is 54.6 Å². The van der Waals surface area contributed by atoms with E-state index in [1.165, 1.54) is 40.9 Å². The first kappa shape index (κ1) is 27.4. The highest BCUT2D eigenvalue weighted by atomic mass is 32.2. The van der Waals surface area contributed by atoms with Gasteiger partial charge in [0.25, 0.3) is 5.91 Å². The van der Waals surface area contributed by atoms with Crippen molar-refractivity contribution in [3.8, 4) is 0 Å². The number of amides is 2. The summed E-state index contributed by atoms with van der Waals surface area (Å²) in [5.74, 6) is -3.67. The summed E-state index contributed by atoms with van der Waals surface area (Å²) in [6.07, 6.45) is -1.82. The van der Waals surface area contributed by atoms with Crippen molar-refractivity contribution >= 4 is 35.3 Å². The molecule has 36 heavy (non-hydrogen) atoms. The molecule has 2 aromatic rings. The van der Waals surface area contributed by atoms with Crippen molar-refractivity contribution in [2.45, 2.75) is 44.5 Å². The van der Waals surface area contributed by atoms with Gasteiger partial charge in [-0.25, -0.2) is 4.79 Å². The largest absolute Gasteiger partial charge is 0.478 e. The summed E-state index contributed by atoms with van der Waals surface area (Å²) in [5, 5.41) is 23.3. The van der Waals surface area contributed by atoms with Gasteiger partial charge in [-0.15, -0.1) is 11.8 Å². The molecule has 0 spiro atoms. The van der Waals surface area contributed by atoms with Crippen LogP contribution < -0.4 is 11.1 Å². The van der Waals surface area contributed by atoms with Crippen LogP contribution in [0.2, 0.25) is 0 Å². The number of carboxylic acids is 1. The number of aliphatic hydroxyl groups excluding tert-OH is 1. The summed E-state index contributed by atoms with van der Waals surface area (Å²) in [6, 6.07) is 12.0. The normalized spacial score (nSPS) is 18.2. The first-order valence-corrected chi connectivity index (χ1v) is 12.6. The molecule has 3 rings (SSSR count). The Morgan fingerprint density at radius 3 is 2.17 bits per heavy atom. The van der Waals surface area contributed by atoms with Gasteiger partial charge in [-0.05, 0) is 38.5 Å². The number of ketones is 1. The predicted octanol–water partition coefficient (Wildman–Crippen LogP) is 2.06. The lowest BCUT2D eigenvalue weighted by Gasteiger charge is -2.32. The summed E-state index contributed by atoms with van der Waals surface area (Å²) in [5.41, 5.74) is 6.59. The fourth-order valence-corrected chi connectivity index (χ4v) is 5.17. The summed E-state index contributed by atoms with van der Waals surface area (Å²) >= 11 is 1.38. The van der Waals surface area contributed by atoms with E-state index >= 15 is 0 Å². The SMILES string of the molecule is CC(C)(C)NC(=O)[C@@H]1CSCN1C(=O)C(O)C(C(=O)c1ccc(C(=O)O)cc1)C(N)c1ccccc1. The molecule has 1 heterocycles. The number of benzene rings is 2. The second kappa shape index (κ2) is 11.2. The molecule has 1 fully saturated rings. The Kier molecular flexibility index (Phi) is 8.55. The van der Waals surface area contributed by atoms with Crippen molar-refractivity contribution in [1.29, 1.82) is 0 Å². The van der Waals surface area contributed by atoms with Crippen LogP contribution >= 0.6 is 11.8 Å². The minimum atomic E-state index is -1.82. The predicted molar refractivity (Wildman–Crippen MR) is 136 cm³/mol. The zero-order valence-corrected chi connectivity index (χ0v) is 21.2. The molecule has 1 saturated heterocycles. The topological polar surface area (TPSA) is 150 Å². The van der Waals surface area contributed by atoms with Gasteiger partial charge in [0, 0.05) is 22.9 Å². The van der Waals surface area contributed by atoms with Gasteiger partial charge in [-0.1, -0.05) is 42.5 Å². The Labute approximate surface area is 214 Å². The number of Topliss-reactive ketones (excluding diaryl/α,β-unsaturated/α-hetero) is 1. The lowest BCUT2D eigenvalue weighted by Crippen LogP contribution is -2.56. The third-order valence-electron chi connectivity index (χ3n) is 5.85. The molecule has 1 aliphatic heterocycles. The van der Waals surface area contributed by atoms with Gasteiger partial charge in [-0.2, -0.15) is 0 Å². The van der Waals surface area contributed by atoms with E-state index in [1.54, 1.807) is 30.3 Å². The number of carboxylic acid groups (broad SMARTS) is 1. The molecule has 0 aromatic heterocycles. The van der Waals surface area contributed by atoms with E-state index < -0.39 is 47.3 Å². The number of aromatic carboxylic acids is 1. The maximum absolute atomic E-state index is 13.6. The molecule has 2 aromatic carbocycles. The molecule has 3 unspecified atom stereocenters. The average molecular weight is 514 g/mol. The minimum absolute atomic E-state index is 0.00567. The quantitative estimate of drug-likeness (QED) is 0.392. The fraction of sp³-hybridized carbons (Fsp3) is 0.385. The zero-order valence-electron chi connectivity index (χ0n) is 20.4. The molecule has 1 aliphatic rings. The minimum Gasteiger partial charge on any atom is -0.478 e. The molecule has 4 atom stereocenters. The Balaban J connectivity index is 1.93. The molecule has 192 valence electrons. The van der Waals surface area contributed by atoms with Crippen molar-refractivity contribution in [3.05, 3.63) is 71.3 Å². The molecule has 10 heteroatoms. The average Bonchev–Trinajstić information content (AvgIpc) is 3.33. The monoisotopic (exact) mass is 513 g/mol. The molecule has 0 radical (unpaired) electrons. The van der Waals surface area contributed by atoms with Crippen LogP contribution in [0.1, 0.15) is 53.1 Å². The number of hydrogen-bond donors (Lipinski definition) is 4. The number of nitrogens with zero attached hydrogens (tertiary/aromatic N) is 1. The molecular weight excluding hydrogens is 482 g/mol. The number of thioether (sulfide) groups is 1. The highest BCUT2D eigenvalue weighted by molar-refractivity contribution is 7.99. The molecule has 0 aliphatic carbocycles. The zero-order chi connectivity index (χ0) is 26.6. The van der Waals surface area contributed by atoms with Crippen LogP contribution in [-0.4, -0.2) is 68.0 Å².